The number of anilines is 1. The summed E-state index contributed by atoms with van der Waals surface area (Å²) in [4.78, 5) is 27.4. The molecule has 0 aliphatic carbocycles. The predicted molar refractivity (Wildman–Crippen MR) is 103 cm³/mol. The van der Waals surface area contributed by atoms with Crippen LogP contribution in [0.1, 0.15) is 37.7 Å². The molecule has 0 atom stereocenters. The Balaban J connectivity index is 1.69. The van der Waals surface area contributed by atoms with Gasteiger partial charge in [0.25, 0.3) is 0 Å². The first-order chi connectivity index (χ1) is 12.6. The zero-order valence-electron chi connectivity index (χ0n) is 16.0. The maximum Gasteiger partial charge on any atom is 0.305 e. The standard InChI is InChI=1S/C20H31N3O3/c1-22(16-19(24)21-12-6-7-20(25)26-2)15-17-8-10-18(11-9-17)23-13-4-3-5-14-23/h8-11H,3-7,12-16H2,1-2H3,(H,21,24). The Hall–Kier alpha value is -2.08. The average molecular weight is 361 g/mol. The summed E-state index contributed by atoms with van der Waals surface area (Å²) in [5, 5.41) is 2.84. The van der Waals surface area contributed by atoms with Crippen molar-refractivity contribution in [3.8, 4) is 0 Å². The fourth-order valence-corrected chi connectivity index (χ4v) is 3.20. The molecule has 0 radical (unpaired) electrons. The van der Waals surface area contributed by atoms with Gasteiger partial charge in [0, 0.05) is 38.3 Å². The third kappa shape index (κ3) is 7.04. The van der Waals surface area contributed by atoms with E-state index in [9.17, 15) is 9.59 Å². The number of nitrogens with zero attached hydrogens (tertiary/aromatic N) is 2. The van der Waals surface area contributed by atoms with E-state index in [1.165, 1.54) is 37.6 Å². The van der Waals surface area contributed by atoms with E-state index < -0.39 is 0 Å². The van der Waals surface area contributed by atoms with Gasteiger partial charge in [0.15, 0.2) is 0 Å². The van der Waals surface area contributed by atoms with Gasteiger partial charge in [-0.25, -0.2) is 0 Å². The Morgan fingerprint density at radius 1 is 1.15 bits per heavy atom. The van der Waals surface area contributed by atoms with E-state index in [-0.39, 0.29) is 11.9 Å². The Bertz CT molecular complexity index is 568. The van der Waals surface area contributed by atoms with Crippen molar-refractivity contribution in [1.29, 1.82) is 0 Å². The van der Waals surface area contributed by atoms with Crippen LogP contribution in [0.3, 0.4) is 0 Å². The fourth-order valence-electron chi connectivity index (χ4n) is 3.20. The zero-order valence-corrected chi connectivity index (χ0v) is 16.0. The summed E-state index contributed by atoms with van der Waals surface area (Å²) in [6.45, 7) is 3.86. The number of piperidine rings is 1. The molecule has 26 heavy (non-hydrogen) atoms. The van der Waals surface area contributed by atoms with Crippen molar-refractivity contribution in [2.75, 3.05) is 45.2 Å². The maximum absolute atomic E-state index is 11.9. The van der Waals surface area contributed by atoms with Gasteiger partial charge in [-0.1, -0.05) is 12.1 Å². The molecule has 1 aliphatic rings. The van der Waals surface area contributed by atoms with E-state index >= 15 is 0 Å². The molecule has 0 saturated carbocycles. The molecular weight excluding hydrogens is 330 g/mol. The van der Waals surface area contributed by atoms with Crippen molar-refractivity contribution in [1.82, 2.24) is 10.2 Å². The summed E-state index contributed by atoms with van der Waals surface area (Å²) in [6.07, 6.45) is 4.82. The molecule has 0 bridgehead atoms. The molecule has 1 aromatic rings. The summed E-state index contributed by atoms with van der Waals surface area (Å²) in [6, 6.07) is 8.66. The molecule has 6 nitrogen and oxygen atoms in total. The van der Waals surface area contributed by atoms with Crippen molar-refractivity contribution in [3.63, 3.8) is 0 Å². The lowest BCUT2D eigenvalue weighted by Crippen LogP contribution is -2.35. The molecule has 0 unspecified atom stereocenters. The molecule has 1 saturated heterocycles. The Kier molecular flexibility index (Phi) is 8.41. The average Bonchev–Trinajstić information content (AvgIpc) is 2.66. The number of rotatable bonds is 9. The molecule has 1 aliphatic heterocycles. The first kappa shape index (κ1) is 20.2. The van der Waals surface area contributed by atoms with E-state index in [1.807, 2.05) is 11.9 Å². The lowest BCUT2D eigenvalue weighted by Gasteiger charge is -2.29. The number of hydrogen-bond acceptors (Lipinski definition) is 5. The number of benzene rings is 1. The number of likely N-dealkylation sites (N-methyl/N-ethyl adjacent to an activating group) is 1. The number of ether oxygens (including phenoxy) is 1. The van der Waals surface area contributed by atoms with Gasteiger partial charge in [-0.15, -0.1) is 0 Å². The molecule has 0 aromatic heterocycles. The zero-order chi connectivity index (χ0) is 18.8. The topological polar surface area (TPSA) is 61.9 Å². The van der Waals surface area contributed by atoms with Crippen LogP contribution in [0, 0.1) is 0 Å². The van der Waals surface area contributed by atoms with Crippen molar-refractivity contribution in [2.45, 2.75) is 38.6 Å². The third-order valence-corrected chi connectivity index (χ3v) is 4.63. The second-order valence-corrected chi connectivity index (χ2v) is 6.92. The van der Waals surface area contributed by atoms with Gasteiger partial charge < -0.3 is 15.0 Å². The van der Waals surface area contributed by atoms with E-state index in [0.717, 1.165) is 19.6 Å². The molecular formula is C20H31N3O3. The Morgan fingerprint density at radius 3 is 2.50 bits per heavy atom. The van der Waals surface area contributed by atoms with Gasteiger partial charge in [0.2, 0.25) is 5.91 Å². The van der Waals surface area contributed by atoms with Crippen LogP contribution in [0.2, 0.25) is 0 Å². The Labute approximate surface area is 156 Å². The number of esters is 1. The van der Waals surface area contributed by atoms with Crippen molar-refractivity contribution in [3.05, 3.63) is 29.8 Å². The minimum atomic E-state index is -0.246. The molecule has 1 aromatic carbocycles. The number of nitrogens with one attached hydrogen (secondary N) is 1. The summed E-state index contributed by atoms with van der Waals surface area (Å²) < 4.78 is 4.57. The quantitative estimate of drug-likeness (QED) is 0.540. The smallest absolute Gasteiger partial charge is 0.305 e. The molecule has 1 heterocycles. The lowest BCUT2D eigenvalue weighted by molar-refractivity contribution is -0.140. The monoisotopic (exact) mass is 361 g/mol. The van der Waals surface area contributed by atoms with Gasteiger partial charge in [-0.2, -0.15) is 0 Å². The first-order valence-corrected chi connectivity index (χ1v) is 9.44. The maximum atomic E-state index is 11.9. The van der Waals surface area contributed by atoms with Gasteiger partial charge in [0.1, 0.15) is 0 Å². The Morgan fingerprint density at radius 2 is 1.85 bits per heavy atom. The van der Waals surface area contributed by atoms with Gasteiger partial charge in [0.05, 0.1) is 13.7 Å². The van der Waals surface area contributed by atoms with Gasteiger partial charge in [-0.05, 0) is 50.4 Å². The highest BCUT2D eigenvalue weighted by Gasteiger charge is 2.11. The van der Waals surface area contributed by atoms with Crippen LogP contribution >= 0.6 is 0 Å². The van der Waals surface area contributed by atoms with E-state index in [4.69, 9.17) is 0 Å². The number of hydrogen-bond donors (Lipinski definition) is 1. The minimum Gasteiger partial charge on any atom is -0.469 e. The van der Waals surface area contributed by atoms with Gasteiger partial charge in [-0.3, -0.25) is 14.5 Å². The minimum absolute atomic E-state index is 0.0256. The SMILES string of the molecule is COC(=O)CCCNC(=O)CN(C)Cc1ccc(N2CCCCC2)cc1. The molecule has 144 valence electrons. The molecule has 1 N–H and O–H groups in total. The number of methoxy groups -OCH3 is 1. The number of amides is 1. The van der Waals surface area contributed by atoms with Crippen LogP contribution in [-0.4, -0.2) is 57.1 Å². The van der Waals surface area contributed by atoms with Crippen LogP contribution in [0.25, 0.3) is 0 Å². The second kappa shape index (κ2) is 10.8. The largest absolute Gasteiger partial charge is 0.469 e. The molecule has 1 amide bonds. The second-order valence-electron chi connectivity index (χ2n) is 6.92. The molecule has 0 spiro atoms. The molecule has 2 rings (SSSR count). The first-order valence-electron chi connectivity index (χ1n) is 9.44. The predicted octanol–water partition coefficient (Wildman–Crippen LogP) is 2.18. The normalized spacial score (nSPS) is 14.3. The summed E-state index contributed by atoms with van der Waals surface area (Å²) >= 11 is 0. The van der Waals surface area contributed by atoms with Crippen LogP contribution < -0.4 is 10.2 Å². The van der Waals surface area contributed by atoms with Crippen LogP contribution in [-0.2, 0) is 20.9 Å². The van der Waals surface area contributed by atoms with Crippen molar-refractivity contribution >= 4 is 17.6 Å². The van der Waals surface area contributed by atoms with E-state index in [0.29, 0.717) is 25.9 Å². The van der Waals surface area contributed by atoms with Crippen LogP contribution in [0.4, 0.5) is 5.69 Å². The van der Waals surface area contributed by atoms with Crippen molar-refractivity contribution in [2.24, 2.45) is 0 Å². The van der Waals surface area contributed by atoms with Crippen LogP contribution in [0.15, 0.2) is 24.3 Å². The van der Waals surface area contributed by atoms with Gasteiger partial charge >= 0.3 is 5.97 Å². The van der Waals surface area contributed by atoms with E-state index in [1.54, 1.807) is 0 Å². The third-order valence-electron chi connectivity index (χ3n) is 4.63. The summed E-state index contributed by atoms with van der Waals surface area (Å²) in [5.74, 6) is -0.272. The number of carbonyl (C=O) groups is 2. The molecule has 6 heteroatoms. The fraction of sp³-hybridized carbons (Fsp3) is 0.600. The highest BCUT2D eigenvalue weighted by atomic mass is 16.5. The highest BCUT2D eigenvalue weighted by molar-refractivity contribution is 5.78. The number of carbonyl (C=O) groups excluding carboxylic acids is 2. The summed E-state index contributed by atoms with van der Waals surface area (Å²) in [7, 11) is 3.31. The highest BCUT2D eigenvalue weighted by Crippen LogP contribution is 2.20. The van der Waals surface area contributed by atoms with Crippen LogP contribution in [0.5, 0.6) is 0 Å². The lowest BCUT2D eigenvalue weighted by atomic mass is 10.1. The summed E-state index contributed by atoms with van der Waals surface area (Å²) in [5.41, 5.74) is 2.49. The van der Waals surface area contributed by atoms with Crippen molar-refractivity contribution < 1.29 is 14.3 Å². The van der Waals surface area contributed by atoms with E-state index in [2.05, 4.69) is 39.2 Å². The molecule has 1 fully saturated rings.